The van der Waals surface area contributed by atoms with Crippen LogP contribution in [0, 0.1) is 18.6 Å². The van der Waals surface area contributed by atoms with E-state index in [1.165, 1.54) is 5.56 Å². The minimum Gasteiger partial charge on any atom is -0.335 e. The number of imidazole rings is 1. The highest BCUT2D eigenvalue weighted by Gasteiger charge is 2.09. The van der Waals surface area contributed by atoms with Crippen LogP contribution in [-0.2, 0) is 0 Å². The van der Waals surface area contributed by atoms with E-state index in [4.69, 9.17) is 36.0 Å². The number of anilines is 1. The molecule has 7 heteroatoms. The van der Waals surface area contributed by atoms with E-state index in [1.54, 1.807) is 4.68 Å². The van der Waals surface area contributed by atoms with Gasteiger partial charge in [-0.2, -0.15) is 0 Å². The van der Waals surface area contributed by atoms with Gasteiger partial charge in [-0.25, -0.2) is 4.68 Å². The van der Waals surface area contributed by atoms with Crippen molar-refractivity contribution in [2.75, 3.05) is 10.7 Å². The van der Waals surface area contributed by atoms with E-state index in [0.717, 1.165) is 22.5 Å². The maximum Gasteiger partial charge on any atom is 0.196 e. The Morgan fingerprint density at radius 2 is 1.84 bits per heavy atom. The van der Waals surface area contributed by atoms with E-state index in [9.17, 15) is 0 Å². The summed E-state index contributed by atoms with van der Waals surface area (Å²) in [4.78, 5) is 3.03. The van der Waals surface area contributed by atoms with E-state index in [0.29, 0.717) is 14.9 Å². The third-order valence-electron chi connectivity index (χ3n) is 3.76. The SMILES string of the molecule is Cc1ccc(NC(=S)Nn2c(-c3ccc(Cl)cc3)c[nH]c2=S)c(C)c1. The number of halogens is 1. The second-order valence-corrected chi connectivity index (χ2v) is 6.94. The van der Waals surface area contributed by atoms with Crippen LogP contribution in [0.15, 0.2) is 48.7 Å². The van der Waals surface area contributed by atoms with E-state index in [-0.39, 0.29) is 0 Å². The summed E-state index contributed by atoms with van der Waals surface area (Å²) in [5, 5.41) is 4.35. The summed E-state index contributed by atoms with van der Waals surface area (Å²) in [6, 6.07) is 13.7. The molecule has 0 saturated heterocycles. The number of nitrogens with one attached hydrogen (secondary N) is 3. The minimum absolute atomic E-state index is 0.456. The van der Waals surface area contributed by atoms with Crippen LogP contribution in [0.1, 0.15) is 11.1 Å². The van der Waals surface area contributed by atoms with Crippen molar-refractivity contribution in [3.8, 4) is 11.3 Å². The van der Waals surface area contributed by atoms with Gasteiger partial charge in [0.2, 0.25) is 0 Å². The Balaban J connectivity index is 1.83. The summed E-state index contributed by atoms with van der Waals surface area (Å²) < 4.78 is 2.26. The molecule has 0 spiro atoms. The molecule has 25 heavy (non-hydrogen) atoms. The molecule has 1 aromatic heterocycles. The van der Waals surface area contributed by atoms with Gasteiger partial charge in [0.05, 0.1) is 5.69 Å². The quantitative estimate of drug-likeness (QED) is 0.524. The number of aromatic amines is 1. The third-order valence-corrected chi connectivity index (χ3v) is 4.51. The maximum absolute atomic E-state index is 5.96. The highest BCUT2D eigenvalue weighted by atomic mass is 35.5. The van der Waals surface area contributed by atoms with Gasteiger partial charge in [-0.15, -0.1) is 0 Å². The number of thiocarbonyl (C=S) groups is 1. The average molecular weight is 389 g/mol. The average Bonchev–Trinajstić information content (AvgIpc) is 2.92. The van der Waals surface area contributed by atoms with Crippen LogP contribution in [0.25, 0.3) is 11.3 Å². The van der Waals surface area contributed by atoms with Crippen molar-refractivity contribution in [3.63, 3.8) is 0 Å². The standard InChI is InChI=1S/C18H17ClN4S2/c1-11-3-8-15(12(2)9-11)21-17(24)22-23-16(10-20-18(23)25)13-4-6-14(19)7-5-13/h3-10H,1-2H3,(H,20,25)(H2,21,22,24). The second kappa shape index (κ2) is 7.39. The van der Waals surface area contributed by atoms with Crippen LogP contribution in [0.4, 0.5) is 5.69 Å². The van der Waals surface area contributed by atoms with Gasteiger partial charge < -0.3 is 10.3 Å². The smallest absolute Gasteiger partial charge is 0.196 e. The molecule has 2 aromatic carbocycles. The van der Waals surface area contributed by atoms with Crippen LogP contribution in [-0.4, -0.2) is 14.8 Å². The van der Waals surface area contributed by atoms with E-state index >= 15 is 0 Å². The zero-order valence-corrected chi connectivity index (χ0v) is 16.1. The molecule has 0 amide bonds. The molecule has 0 radical (unpaired) electrons. The molecule has 128 valence electrons. The lowest BCUT2D eigenvalue weighted by molar-refractivity contribution is 0.962. The zero-order valence-electron chi connectivity index (χ0n) is 13.8. The summed E-state index contributed by atoms with van der Waals surface area (Å²) in [6.45, 7) is 4.10. The summed E-state index contributed by atoms with van der Waals surface area (Å²) in [5.41, 5.74) is 8.26. The van der Waals surface area contributed by atoms with Crippen LogP contribution in [0.5, 0.6) is 0 Å². The molecule has 0 aliphatic rings. The van der Waals surface area contributed by atoms with Crippen molar-refractivity contribution in [1.29, 1.82) is 0 Å². The molecular weight excluding hydrogens is 372 g/mol. The molecule has 0 unspecified atom stereocenters. The van der Waals surface area contributed by atoms with Gasteiger partial charge >= 0.3 is 0 Å². The molecule has 3 N–H and O–H groups in total. The lowest BCUT2D eigenvalue weighted by Crippen LogP contribution is -2.28. The summed E-state index contributed by atoms with van der Waals surface area (Å²) in [5.74, 6) is 0. The van der Waals surface area contributed by atoms with Gasteiger partial charge in [0.25, 0.3) is 0 Å². The normalized spacial score (nSPS) is 10.5. The fourth-order valence-electron chi connectivity index (χ4n) is 2.52. The number of benzene rings is 2. The number of aryl methyl sites for hydroxylation is 2. The topological polar surface area (TPSA) is 44.8 Å². The lowest BCUT2D eigenvalue weighted by atomic mass is 10.1. The predicted octanol–water partition coefficient (Wildman–Crippen LogP) is 5.42. The Morgan fingerprint density at radius 3 is 2.52 bits per heavy atom. The number of rotatable bonds is 3. The van der Waals surface area contributed by atoms with Crippen molar-refractivity contribution < 1.29 is 0 Å². The van der Waals surface area contributed by atoms with Gasteiger partial charge in [0.15, 0.2) is 9.88 Å². The Labute approximate surface area is 161 Å². The second-order valence-electron chi connectivity index (χ2n) is 5.71. The van der Waals surface area contributed by atoms with Crippen LogP contribution >= 0.6 is 36.0 Å². The Hall–Kier alpha value is -2.15. The Kier molecular flexibility index (Phi) is 5.22. The lowest BCUT2D eigenvalue weighted by Gasteiger charge is -2.15. The van der Waals surface area contributed by atoms with Crippen molar-refractivity contribution in [2.24, 2.45) is 0 Å². The monoisotopic (exact) mass is 388 g/mol. The minimum atomic E-state index is 0.456. The largest absolute Gasteiger partial charge is 0.335 e. The number of nitrogens with zero attached hydrogens (tertiary/aromatic N) is 1. The van der Waals surface area contributed by atoms with Gasteiger partial charge in [0, 0.05) is 22.5 Å². The highest BCUT2D eigenvalue weighted by molar-refractivity contribution is 7.80. The van der Waals surface area contributed by atoms with Crippen molar-refractivity contribution >= 4 is 46.8 Å². The van der Waals surface area contributed by atoms with Gasteiger partial charge in [-0.3, -0.25) is 5.43 Å². The van der Waals surface area contributed by atoms with Gasteiger partial charge in [0.1, 0.15) is 0 Å². The van der Waals surface area contributed by atoms with Crippen LogP contribution in [0.3, 0.4) is 0 Å². The fraction of sp³-hybridized carbons (Fsp3) is 0.111. The van der Waals surface area contributed by atoms with Crippen molar-refractivity contribution in [3.05, 3.63) is 69.6 Å². The van der Waals surface area contributed by atoms with Crippen molar-refractivity contribution in [1.82, 2.24) is 9.66 Å². The molecule has 3 rings (SSSR count). The molecule has 4 nitrogen and oxygen atoms in total. The number of hydrogen-bond acceptors (Lipinski definition) is 2. The summed E-state index contributed by atoms with van der Waals surface area (Å²) >= 11 is 16.8. The fourth-order valence-corrected chi connectivity index (χ4v) is 3.05. The maximum atomic E-state index is 5.96. The molecule has 3 aromatic rings. The molecule has 0 aliphatic carbocycles. The zero-order chi connectivity index (χ0) is 18.0. The molecular formula is C18H17ClN4S2. The molecule has 1 heterocycles. The van der Waals surface area contributed by atoms with E-state index in [1.807, 2.05) is 49.5 Å². The number of aromatic nitrogens is 2. The number of hydrogen-bond donors (Lipinski definition) is 3. The first kappa shape index (κ1) is 17.7. The summed E-state index contributed by atoms with van der Waals surface area (Å²) in [6.07, 6.45) is 1.83. The first-order valence-corrected chi connectivity index (χ1v) is 8.85. The van der Waals surface area contributed by atoms with E-state index < -0.39 is 0 Å². The highest BCUT2D eigenvalue weighted by Crippen LogP contribution is 2.21. The summed E-state index contributed by atoms with van der Waals surface area (Å²) in [7, 11) is 0. The number of H-pyrrole nitrogens is 1. The molecule has 0 saturated carbocycles. The first-order valence-electron chi connectivity index (χ1n) is 7.65. The Morgan fingerprint density at radius 1 is 1.12 bits per heavy atom. The molecule has 0 fully saturated rings. The molecule has 0 atom stereocenters. The van der Waals surface area contributed by atoms with Crippen molar-refractivity contribution in [2.45, 2.75) is 13.8 Å². The molecule has 0 aliphatic heterocycles. The molecule has 0 bridgehead atoms. The van der Waals surface area contributed by atoms with Gasteiger partial charge in [-0.1, -0.05) is 41.4 Å². The van der Waals surface area contributed by atoms with Crippen LogP contribution < -0.4 is 10.7 Å². The third kappa shape index (κ3) is 4.10. The van der Waals surface area contributed by atoms with Crippen LogP contribution in [0.2, 0.25) is 5.02 Å². The predicted molar refractivity (Wildman–Crippen MR) is 112 cm³/mol. The van der Waals surface area contributed by atoms with E-state index in [2.05, 4.69) is 28.7 Å². The first-order chi connectivity index (χ1) is 11.9. The Bertz CT molecular complexity index is 973. The van der Waals surface area contributed by atoms with Gasteiger partial charge in [-0.05, 0) is 62.0 Å².